The van der Waals surface area contributed by atoms with E-state index in [1.54, 1.807) is 0 Å². The average Bonchev–Trinajstić information content (AvgIpc) is 3.34. The zero-order chi connectivity index (χ0) is 29.2. The summed E-state index contributed by atoms with van der Waals surface area (Å²) in [6, 6.07) is 17.9. The normalized spacial score (nSPS) is 42.5. The maximum Gasteiger partial charge on any atom is 0.303 e. The highest BCUT2D eigenvalue weighted by Gasteiger charge is 2.66. The lowest BCUT2D eigenvalue weighted by Gasteiger charge is -2.64. The molecule has 2 aromatic carbocycles. The Morgan fingerprint density at radius 3 is 2.27 bits per heavy atom. The van der Waals surface area contributed by atoms with Gasteiger partial charge in [0.2, 0.25) is 0 Å². The summed E-state index contributed by atoms with van der Waals surface area (Å²) in [4.78, 5) is 11.2. The van der Waals surface area contributed by atoms with Crippen molar-refractivity contribution < 1.29 is 24.5 Å². The highest BCUT2D eigenvalue weighted by atomic mass is 19.1. The number of carboxylic acids is 1. The van der Waals surface area contributed by atoms with Gasteiger partial charge in [-0.1, -0.05) is 75.4 Å². The van der Waals surface area contributed by atoms with Crippen LogP contribution in [-0.2, 0) is 10.4 Å². The van der Waals surface area contributed by atoms with Crippen LogP contribution in [0.1, 0.15) is 84.1 Å². The number of hydrogen-bond donors (Lipinski definition) is 3. The molecule has 0 aliphatic heterocycles. The van der Waals surface area contributed by atoms with E-state index in [2.05, 4.69) is 32.9 Å². The van der Waals surface area contributed by atoms with Crippen LogP contribution < -0.4 is 0 Å². The molecule has 0 radical (unpaired) electrons. The fourth-order valence-corrected chi connectivity index (χ4v) is 10.6. The molecule has 2 aromatic rings. The number of alkyl halides is 1. The van der Waals surface area contributed by atoms with E-state index >= 15 is 4.39 Å². The molecule has 222 valence electrons. The molecule has 1 unspecified atom stereocenters. The van der Waals surface area contributed by atoms with E-state index in [1.807, 2.05) is 42.5 Å². The van der Waals surface area contributed by atoms with Gasteiger partial charge in [-0.15, -0.1) is 0 Å². The van der Waals surface area contributed by atoms with Crippen LogP contribution in [0, 0.1) is 46.3 Å². The van der Waals surface area contributed by atoms with Crippen molar-refractivity contribution in [2.75, 3.05) is 0 Å². The first-order valence-electron chi connectivity index (χ1n) is 15.9. The van der Waals surface area contributed by atoms with Crippen LogP contribution in [0.25, 0.3) is 11.1 Å². The van der Waals surface area contributed by atoms with Crippen LogP contribution in [0.4, 0.5) is 4.39 Å². The van der Waals surface area contributed by atoms with Crippen molar-refractivity contribution in [3.63, 3.8) is 0 Å². The molecule has 4 aliphatic carbocycles. The van der Waals surface area contributed by atoms with Crippen LogP contribution in [0.2, 0.25) is 0 Å². The molecule has 4 fully saturated rings. The molecule has 0 aromatic heterocycles. The van der Waals surface area contributed by atoms with Gasteiger partial charge in [0, 0.05) is 6.42 Å². The second kappa shape index (κ2) is 10.5. The SMILES string of the molecule is C[C@H](CCC(=O)O)[C@H]1CC[C@H]2[C@@H]3CC[C@@H]4C(F)[C@](O)(c5ccc(-c6ccccc6)cc5)CC[C@]4(C)[C@H]3C[C@H](O)[C@]12C. The summed E-state index contributed by atoms with van der Waals surface area (Å²) in [5.74, 6) is 0.660. The van der Waals surface area contributed by atoms with Crippen molar-refractivity contribution in [3.05, 3.63) is 60.2 Å². The van der Waals surface area contributed by atoms with Crippen molar-refractivity contribution in [2.24, 2.45) is 46.3 Å². The lowest BCUT2D eigenvalue weighted by Crippen LogP contribution is -2.62. The van der Waals surface area contributed by atoms with E-state index in [9.17, 15) is 20.1 Å². The van der Waals surface area contributed by atoms with Crippen molar-refractivity contribution in [3.8, 4) is 11.1 Å². The van der Waals surface area contributed by atoms with Crippen molar-refractivity contribution in [2.45, 2.75) is 96.4 Å². The molecular formula is C36H47FO4. The summed E-state index contributed by atoms with van der Waals surface area (Å²) in [6.45, 7) is 6.68. The lowest BCUT2D eigenvalue weighted by molar-refractivity contribution is -0.212. The Morgan fingerprint density at radius 2 is 1.59 bits per heavy atom. The van der Waals surface area contributed by atoms with E-state index in [1.165, 1.54) is 0 Å². The van der Waals surface area contributed by atoms with E-state index in [4.69, 9.17) is 0 Å². The number of rotatable bonds is 6. The molecule has 0 spiro atoms. The molecule has 4 nitrogen and oxygen atoms in total. The standard InChI is InChI=1S/C36H47FO4/c1-22(9-18-32(39)40)27-16-17-28-26-14-15-29-33(37)36(41,20-19-34(29,2)30(26)21-31(38)35(27,28)3)25-12-10-24(11-13-25)23-7-5-4-6-8-23/h4-8,10-13,22,26-31,33,38,41H,9,14-21H2,1-3H3,(H,39,40)/t22-,26+,27-,28+,29-,30+,31+,33?,34+,35-,36-/m1/s1. The number of carbonyl (C=O) groups is 1. The van der Waals surface area contributed by atoms with Crippen molar-refractivity contribution in [1.29, 1.82) is 0 Å². The van der Waals surface area contributed by atoms with Crippen molar-refractivity contribution >= 4 is 5.97 Å². The Labute approximate surface area is 244 Å². The number of aliphatic hydroxyl groups excluding tert-OH is 1. The molecule has 0 bridgehead atoms. The molecule has 0 heterocycles. The highest BCUT2D eigenvalue weighted by molar-refractivity contribution is 5.66. The molecule has 4 saturated carbocycles. The molecule has 3 N–H and O–H groups in total. The van der Waals surface area contributed by atoms with Gasteiger partial charge in [0.15, 0.2) is 0 Å². The Hall–Kier alpha value is -2.24. The van der Waals surface area contributed by atoms with Gasteiger partial charge in [-0.2, -0.15) is 0 Å². The van der Waals surface area contributed by atoms with Crippen LogP contribution in [-0.4, -0.2) is 33.6 Å². The Kier molecular flexibility index (Phi) is 7.38. The third-order valence-corrected chi connectivity index (χ3v) is 13.0. The predicted molar refractivity (Wildman–Crippen MR) is 159 cm³/mol. The van der Waals surface area contributed by atoms with E-state index in [-0.39, 0.29) is 35.0 Å². The summed E-state index contributed by atoms with van der Waals surface area (Å²) >= 11 is 0. The Bertz CT molecular complexity index is 1250. The van der Waals surface area contributed by atoms with Crippen molar-refractivity contribution in [1.82, 2.24) is 0 Å². The summed E-state index contributed by atoms with van der Waals surface area (Å²) in [5, 5.41) is 32.9. The van der Waals surface area contributed by atoms with Gasteiger partial charge in [-0.3, -0.25) is 4.79 Å². The number of fused-ring (bicyclic) bond motifs is 5. The van der Waals surface area contributed by atoms with Gasteiger partial charge in [-0.05, 0) is 114 Å². The van der Waals surface area contributed by atoms with E-state index in [0.29, 0.717) is 42.6 Å². The monoisotopic (exact) mass is 562 g/mol. The third-order valence-electron chi connectivity index (χ3n) is 13.0. The fourth-order valence-electron chi connectivity index (χ4n) is 10.6. The smallest absolute Gasteiger partial charge is 0.303 e. The number of aliphatic carboxylic acids is 1. The van der Waals surface area contributed by atoms with Gasteiger partial charge >= 0.3 is 5.97 Å². The number of halogens is 1. The Morgan fingerprint density at radius 1 is 0.927 bits per heavy atom. The van der Waals surface area contributed by atoms with Crippen LogP contribution in [0.15, 0.2) is 54.6 Å². The maximum atomic E-state index is 16.7. The maximum absolute atomic E-state index is 16.7. The molecule has 4 aliphatic rings. The minimum absolute atomic E-state index is 0.177. The molecule has 5 heteroatoms. The highest BCUT2D eigenvalue weighted by Crippen LogP contribution is 2.69. The molecule has 0 saturated heterocycles. The number of hydrogen-bond acceptors (Lipinski definition) is 3. The minimum Gasteiger partial charge on any atom is -0.481 e. The van der Waals surface area contributed by atoms with Gasteiger partial charge in [-0.25, -0.2) is 4.39 Å². The molecule has 11 atom stereocenters. The van der Waals surface area contributed by atoms with Gasteiger partial charge in [0.05, 0.1) is 6.10 Å². The predicted octanol–water partition coefficient (Wildman–Crippen LogP) is 7.62. The van der Waals surface area contributed by atoms with Crippen LogP contribution >= 0.6 is 0 Å². The van der Waals surface area contributed by atoms with Gasteiger partial charge in [0.25, 0.3) is 0 Å². The number of carboxylic acid groups (broad SMARTS) is 1. The second-order valence-corrected chi connectivity index (χ2v) is 14.5. The number of aliphatic hydroxyl groups is 2. The fraction of sp³-hybridized carbons (Fsp3) is 0.639. The topological polar surface area (TPSA) is 77.8 Å². The summed E-state index contributed by atoms with van der Waals surface area (Å²) in [5.41, 5.74) is 0.860. The van der Waals surface area contributed by atoms with Gasteiger partial charge < -0.3 is 15.3 Å². The molecule has 41 heavy (non-hydrogen) atoms. The first kappa shape index (κ1) is 28.9. The Balaban J connectivity index is 1.22. The third kappa shape index (κ3) is 4.49. The summed E-state index contributed by atoms with van der Waals surface area (Å²) in [6.07, 6.45) is 4.66. The first-order chi connectivity index (χ1) is 19.5. The van der Waals surface area contributed by atoms with Gasteiger partial charge in [0.1, 0.15) is 11.8 Å². The quantitative estimate of drug-likeness (QED) is 0.338. The second-order valence-electron chi connectivity index (χ2n) is 14.5. The largest absolute Gasteiger partial charge is 0.481 e. The summed E-state index contributed by atoms with van der Waals surface area (Å²) < 4.78 is 16.7. The minimum atomic E-state index is -1.49. The van der Waals surface area contributed by atoms with Crippen LogP contribution in [0.5, 0.6) is 0 Å². The van der Waals surface area contributed by atoms with E-state index in [0.717, 1.165) is 43.2 Å². The molecule has 0 amide bonds. The number of benzene rings is 2. The average molecular weight is 563 g/mol. The summed E-state index contributed by atoms with van der Waals surface area (Å²) in [7, 11) is 0. The van der Waals surface area contributed by atoms with Crippen LogP contribution in [0.3, 0.4) is 0 Å². The molecular weight excluding hydrogens is 515 g/mol. The zero-order valence-corrected chi connectivity index (χ0v) is 24.8. The zero-order valence-electron chi connectivity index (χ0n) is 24.8. The molecule has 6 rings (SSSR count). The lowest BCUT2D eigenvalue weighted by atomic mass is 9.42. The first-order valence-corrected chi connectivity index (χ1v) is 15.9. The van der Waals surface area contributed by atoms with E-state index < -0.39 is 23.8 Å².